The normalized spacial score (nSPS) is 12.8. The van der Waals surface area contributed by atoms with Gasteiger partial charge in [-0.3, -0.25) is 0 Å². The Morgan fingerprint density at radius 1 is 1.11 bits per heavy atom. The maximum atomic E-state index is 4.37. The number of hydrogen-bond donors (Lipinski definition) is 1. The van der Waals surface area contributed by atoms with E-state index in [1.807, 2.05) is 12.4 Å². The first kappa shape index (κ1) is 16.2. The highest BCUT2D eigenvalue weighted by atomic mass is 15.1. The molecule has 0 aromatic carbocycles. The van der Waals surface area contributed by atoms with Gasteiger partial charge in [-0.05, 0) is 19.9 Å². The van der Waals surface area contributed by atoms with Crippen molar-refractivity contribution in [3.8, 4) is 0 Å². The molecule has 0 fully saturated rings. The maximum Gasteiger partial charge on any atom is 0.125 e. The Morgan fingerprint density at radius 3 is 2.32 bits per heavy atom. The van der Waals surface area contributed by atoms with Crippen molar-refractivity contribution in [2.24, 2.45) is 7.05 Å². The standard InChI is InChI=1S/C16H31N3/c1-4-5-6-7-8-9-10-11-12-17-15(2)16-18-13-14-19(16)3/h13-15,17H,4-12H2,1-3H3. The second kappa shape index (κ2) is 10.0. The molecular formula is C16H31N3. The van der Waals surface area contributed by atoms with E-state index < -0.39 is 0 Å². The summed E-state index contributed by atoms with van der Waals surface area (Å²) in [6.07, 6.45) is 14.9. The highest BCUT2D eigenvalue weighted by molar-refractivity contribution is 4.96. The van der Waals surface area contributed by atoms with Crippen LogP contribution in [-0.2, 0) is 7.05 Å². The maximum absolute atomic E-state index is 4.37. The second-order valence-corrected chi connectivity index (χ2v) is 5.55. The molecule has 1 rings (SSSR count). The molecule has 1 atom stereocenters. The molecule has 1 N–H and O–H groups in total. The van der Waals surface area contributed by atoms with Crippen molar-refractivity contribution in [3.05, 3.63) is 18.2 Å². The molecule has 19 heavy (non-hydrogen) atoms. The molecule has 1 unspecified atom stereocenters. The van der Waals surface area contributed by atoms with Gasteiger partial charge in [-0.15, -0.1) is 0 Å². The van der Waals surface area contributed by atoms with Gasteiger partial charge in [0.25, 0.3) is 0 Å². The van der Waals surface area contributed by atoms with E-state index in [1.165, 1.54) is 51.4 Å². The summed E-state index contributed by atoms with van der Waals surface area (Å²) in [6, 6.07) is 0.351. The fraction of sp³-hybridized carbons (Fsp3) is 0.812. The fourth-order valence-corrected chi connectivity index (χ4v) is 2.46. The zero-order chi connectivity index (χ0) is 13.9. The van der Waals surface area contributed by atoms with E-state index >= 15 is 0 Å². The minimum atomic E-state index is 0.351. The first-order valence-electron chi connectivity index (χ1n) is 7.96. The summed E-state index contributed by atoms with van der Waals surface area (Å²) in [5.41, 5.74) is 0. The third kappa shape index (κ3) is 6.76. The molecule has 0 spiro atoms. The van der Waals surface area contributed by atoms with Crippen LogP contribution in [0.1, 0.15) is 77.1 Å². The molecule has 1 heterocycles. The molecule has 0 saturated heterocycles. The number of nitrogens with one attached hydrogen (secondary N) is 1. The van der Waals surface area contributed by atoms with Gasteiger partial charge in [-0.25, -0.2) is 4.98 Å². The van der Waals surface area contributed by atoms with Crippen molar-refractivity contribution in [2.45, 2.75) is 71.3 Å². The Labute approximate surface area is 118 Å². The number of aryl methyl sites for hydroxylation is 1. The van der Waals surface area contributed by atoms with Crippen LogP contribution >= 0.6 is 0 Å². The average Bonchev–Trinajstić information content (AvgIpc) is 2.83. The summed E-state index contributed by atoms with van der Waals surface area (Å²) in [5, 5.41) is 3.55. The van der Waals surface area contributed by atoms with Gasteiger partial charge in [-0.1, -0.05) is 51.9 Å². The number of aromatic nitrogens is 2. The highest BCUT2D eigenvalue weighted by Gasteiger charge is 2.08. The van der Waals surface area contributed by atoms with Crippen molar-refractivity contribution >= 4 is 0 Å². The van der Waals surface area contributed by atoms with Crippen molar-refractivity contribution in [2.75, 3.05) is 6.54 Å². The Hall–Kier alpha value is -0.830. The predicted octanol–water partition coefficient (Wildman–Crippen LogP) is 4.21. The van der Waals surface area contributed by atoms with Crippen molar-refractivity contribution in [3.63, 3.8) is 0 Å². The minimum absolute atomic E-state index is 0.351. The topological polar surface area (TPSA) is 29.9 Å². The van der Waals surface area contributed by atoms with Crippen molar-refractivity contribution in [1.29, 1.82) is 0 Å². The predicted molar refractivity (Wildman–Crippen MR) is 82.2 cm³/mol. The first-order chi connectivity index (χ1) is 9.25. The van der Waals surface area contributed by atoms with Gasteiger partial charge in [-0.2, -0.15) is 0 Å². The molecular weight excluding hydrogens is 234 g/mol. The lowest BCUT2D eigenvalue weighted by Gasteiger charge is -2.13. The lowest BCUT2D eigenvalue weighted by atomic mass is 10.1. The smallest absolute Gasteiger partial charge is 0.125 e. The van der Waals surface area contributed by atoms with Crippen LogP contribution in [-0.4, -0.2) is 16.1 Å². The third-order valence-corrected chi connectivity index (χ3v) is 3.73. The molecule has 0 bridgehead atoms. The van der Waals surface area contributed by atoms with Gasteiger partial charge >= 0.3 is 0 Å². The average molecular weight is 265 g/mol. The monoisotopic (exact) mass is 265 g/mol. The lowest BCUT2D eigenvalue weighted by Crippen LogP contribution is -2.22. The third-order valence-electron chi connectivity index (χ3n) is 3.73. The van der Waals surface area contributed by atoms with E-state index in [1.54, 1.807) is 0 Å². The summed E-state index contributed by atoms with van der Waals surface area (Å²) in [4.78, 5) is 4.37. The van der Waals surface area contributed by atoms with Crippen LogP contribution in [0.3, 0.4) is 0 Å². The van der Waals surface area contributed by atoms with Gasteiger partial charge in [0.05, 0.1) is 6.04 Å². The molecule has 0 aliphatic rings. The number of unbranched alkanes of at least 4 members (excludes halogenated alkanes) is 7. The van der Waals surface area contributed by atoms with E-state index in [4.69, 9.17) is 0 Å². The van der Waals surface area contributed by atoms with Gasteiger partial charge in [0.1, 0.15) is 5.82 Å². The quantitative estimate of drug-likeness (QED) is 0.607. The van der Waals surface area contributed by atoms with Crippen LogP contribution < -0.4 is 5.32 Å². The largest absolute Gasteiger partial charge is 0.337 e. The van der Waals surface area contributed by atoms with E-state index in [0.29, 0.717) is 6.04 Å². The zero-order valence-corrected chi connectivity index (χ0v) is 13.0. The number of hydrogen-bond acceptors (Lipinski definition) is 2. The number of rotatable bonds is 11. The molecule has 0 aliphatic heterocycles. The van der Waals surface area contributed by atoms with E-state index in [9.17, 15) is 0 Å². The molecule has 0 radical (unpaired) electrons. The minimum Gasteiger partial charge on any atom is -0.337 e. The highest BCUT2D eigenvalue weighted by Crippen LogP contribution is 2.10. The molecule has 1 aromatic rings. The summed E-state index contributed by atoms with van der Waals surface area (Å²) < 4.78 is 2.09. The Kier molecular flexibility index (Phi) is 8.55. The van der Waals surface area contributed by atoms with Crippen molar-refractivity contribution < 1.29 is 0 Å². The van der Waals surface area contributed by atoms with Crippen LogP contribution in [0.2, 0.25) is 0 Å². The lowest BCUT2D eigenvalue weighted by molar-refractivity contribution is 0.499. The number of nitrogens with zero attached hydrogens (tertiary/aromatic N) is 2. The Bertz CT molecular complexity index is 320. The van der Waals surface area contributed by atoms with Crippen LogP contribution in [0.25, 0.3) is 0 Å². The van der Waals surface area contributed by atoms with Crippen LogP contribution in [0.4, 0.5) is 0 Å². The summed E-state index contributed by atoms with van der Waals surface area (Å²) >= 11 is 0. The van der Waals surface area contributed by atoms with Crippen LogP contribution in [0.5, 0.6) is 0 Å². The molecule has 0 amide bonds. The fourth-order valence-electron chi connectivity index (χ4n) is 2.46. The SMILES string of the molecule is CCCCCCCCCCNC(C)c1nccn1C. The molecule has 0 aliphatic carbocycles. The first-order valence-corrected chi connectivity index (χ1v) is 7.96. The molecule has 0 saturated carbocycles. The van der Waals surface area contributed by atoms with Crippen LogP contribution in [0, 0.1) is 0 Å². The summed E-state index contributed by atoms with van der Waals surface area (Å²) in [6.45, 7) is 5.56. The summed E-state index contributed by atoms with van der Waals surface area (Å²) in [7, 11) is 2.05. The molecule has 3 heteroatoms. The van der Waals surface area contributed by atoms with Crippen molar-refractivity contribution in [1.82, 2.24) is 14.9 Å². The Balaban J connectivity index is 1.95. The second-order valence-electron chi connectivity index (χ2n) is 5.55. The van der Waals surface area contributed by atoms with E-state index in [2.05, 4.69) is 35.8 Å². The van der Waals surface area contributed by atoms with E-state index in [-0.39, 0.29) is 0 Å². The Morgan fingerprint density at radius 2 is 1.74 bits per heavy atom. The molecule has 3 nitrogen and oxygen atoms in total. The van der Waals surface area contributed by atoms with Gasteiger partial charge in [0.2, 0.25) is 0 Å². The zero-order valence-electron chi connectivity index (χ0n) is 13.0. The van der Waals surface area contributed by atoms with Gasteiger partial charge < -0.3 is 9.88 Å². The molecule has 110 valence electrons. The number of imidazole rings is 1. The summed E-state index contributed by atoms with van der Waals surface area (Å²) in [5.74, 6) is 1.12. The van der Waals surface area contributed by atoms with Gasteiger partial charge in [0, 0.05) is 19.4 Å². The van der Waals surface area contributed by atoms with E-state index in [0.717, 1.165) is 12.4 Å². The molecule has 1 aromatic heterocycles. The van der Waals surface area contributed by atoms with Crippen LogP contribution in [0.15, 0.2) is 12.4 Å². The van der Waals surface area contributed by atoms with Gasteiger partial charge in [0.15, 0.2) is 0 Å².